The van der Waals surface area contributed by atoms with E-state index >= 15 is 0 Å². The second-order valence-corrected chi connectivity index (χ2v) is 8.93. The van der Waals surface area contributed by atoms with Crippen molar-refractivity contribution in [3.8, 4) is 11.5 Å². The zero-order valence-electron chi connectivity index (χ0n) is 18.4. The molecule has 0 saturated carbocycles. The minimum Gasteiger partial charge on any atom is -0.497 e. The third kappa shape index (κ3) is 4.44. The summed E-state index contributed by atoms with van der Waals surface area (Å²) in [5.41, 5.74) is 4.32. The Hall–Kier alpha value is -2.49. The minimum absolute atomic E-state index is 0.270. The summed E-state index contributed by atoms with van der Waals surface area (Å²) in [6.45, 7) is 7.57. The Morgan fingerprint density at radius 3 is 2.65 bits per heavy atom. The summed E-state index contributed by atoms with van der Waals surface area (Å²) >= 11 is 0. The molecule has 0 aliphatic carbocycles. The van der Waals surface area contributed by atoms with E-state index < -0.39 is 10.8 Å². The number of nitrogens with zero attached hydrogens (tertiary/aromatic N) is 4. The predicted molar refractivity (Wildman–Crippen MR) is 119 cm³/mol. The first kappa shape index (κ1) is 21.7. The number of benzene rings is 1. The molecule has 166 valence electrons. The van der Waals surface area contributed by atoms with Crippen LogP contribution in [0.15, 0.2) is 29.6 Å². The maximum Gasteiger partial charge on any atom is 0.201 e. The number of pyridine rings is 1. The van der Waals surface area contributed by atoms with Crippen molar-refractivity contribution in [3.63, 3.8) is 0 Å². The number of imidazole rings is 1. The van der Waals surface area contributed by atoms with Crippen LogP contribution in [0.25, 0.3) is 11.0 Å². The topological polar surface area (TPSA) is 78.7 Å². The first-order chi connectivity index (χ1) is 15.0. The fraction of sp³-hybridized carbons (Fsp3) is 0.455. The molecule has 4 rings (SSSR count). The average molecular weight is 445 g/mol. The molecule has 0 spiro atoms. The first-order valence-electron chi connectivity index (χ1n) is 10.2. The van der Waals surface area contributed by atoms with E-state index in [1.54, 1.807) is 20.4 Å². The van der Waals surface area contributed by atoms with Gasteiger partial charge >= 0.3 is 0 Å². The second-order valence-electron chi connectivity index (χ2n) is 7.58. The minimum atomic E-state index is -1.38. The van der Waals surface area contributed by atoms with Crippen molar-refractivity contribution >= 4 is 21.8 Å². The number of ether oxygens (including phenoxy) is 3. The van der Waals surface area contributed by atoms with Crippen LogP contribution in [0.2, 0.25) is 0 Å². The molecule has 9 heteroatoms. The number of fused-ring (bicyclic) bond motifs is 1. The van der Waals surface area contributed by atoms with Crippen molar-refractivity contribution in [2.75, 3.05) is 40.5 Å². The summed E-state index contributed by atoms with van der Waals surface area (Å²) in [5, 5.41) is 0.537. The molecular formula is C22H28N4O4S. The fourth-order valence-electron chi connectivity index (χ4n) is 3.87. The van der Waals surface area contributed by atoms with E-state index in [2.05, 4.69) is 9.88 Å². The highest BCUT2D eigenvalue weighted by molar-refractivity contribution is 7.84. The summed E-state index contributed by atoms with van der Waals surface area (Å²) in [6.07, 6.45) is 1.76. The molecule has 3 heterocycles. The van der Waals surface area contributed by atoms with Crippen molar-refractivity contribution in [2.45, 2.75) is 31.4 Å². The van der Waals surface area contributed by atoms with Crippen LogP contribution in [-0.4, -0.2) is 64.2 Å². The summed E-state index contributed by atoms with van der Waals surface area (Å²) in [4.78, 5) is 11.5. The van der Waals surface area contributed by atoms with E-state index in [0.29, 0.717) is 25.0 Å². The van der Waals surface area contributed by atoms with Crippen LogP contribution < -0.4 is 9.47 Å². The normalized spacial score (nSPS) is 15.9. The van der Waals surface area contributed by atoms with Crippen molar-refractivity contribution in [1.29, 1.82) is 0 Å². The van der Waals surface area contributed by atoms with Crippen LogP contribution >= 0.6 is 0 Å². The fourth-order valence-corrected chi connectivity index (χ4v) is 5.14. The Morgan fingerprint density at radius 1 is 1.16 bits per heavy atom. The lowest BCUT2D eigenvalue weighted by atomic mass is 10.1. The van der Waals surface area contributed by atoms with Gasteiger partial charge in [0.05, 0.1) is 67.4 Å². The molecule has 1 aromatic carbocycles. The molecule has 0 N–H and O–H groups in total. The highest BCUT2D eigenvalue weighted by Gasteiger charge is 2.22. The Bertz CT molecular complexity index is 1110. The zero-order chi connectivity index (χ0) is 22.0. The zero-order valence-corrected chi connectivity index (χ0v) is 19.2. The van der Waals surface area contributed by atoms with E-state index in [1.165, 1.54) is 0 Å². The van der Waals surface area contributed by atoms with E-state index in [-0.39, 0.29) is 5.75 Å². The van der Waals surface area contributed by atoms with Crippen molar-refractivity contribution in [1.82, 2.24) is 19.4 Å². The van der Waals surface area contributed by atoms with Gasteiger partial charge in [0.15, 0.2) is 0 Å². The van der Waals surface area contributed by atoms with Gasteiger partial charge in [-0.1, -0.05) is 0 Å². The van der Waals surface area contributed by atoms with Gasteiger partial charge < -0.3 is 18.8 Å². The van der Waals surface area contributed by atoms with Gasteiger partial charge in [-0.2, -0.15) is 0 Å². The standard InChI is InChI=1S/C22H28N4O4S/c1-15-12-23-19(16(2)21(15)29-4)13-31(27)22-24-18-11-17(28-3)5-6-20(18)26(22)14-25-7-9-30-10-8-25/h5-6,11-12H,7-10,13-14H2,1-4H3. The van der Waals surface area contributed by atoms with Crippen LogP contribution in [0.1, 0.15) is 16.8 Å². The smallest absolute Gasteiger partial charge is 0.201 e. The molecule has 0 bridgehead atoms. The van der Waals surface area contributed by atoms with Crippen LogP contribution in [0, 0.1) is 13.8 Å². The number of rotatable bonds is 7. The van der Waals surface area contributed by atoms with Crippen LogP contribution in [0.4, 0.5) is 0 Å². The van der Waals surface area contributed by atoms with Gasteiger partial charge in [0.1, 0.15) is 11.5 Å². The van der Waals surface area contributed by atoms with Gasteiger partial charge in [0.25, 0.3) is 0 Å². The van der Waals surface area contributed by atoms with Crippen LogP contribution in [0.5, 0.6) is 11.5 Å². The third-order valence-corrected chi connectivity index (χ3v) is 6.84. The lowest BCUT2D eigenvalue weighted by molar-refractivity contribution is 0.0227. The van der Waals surface area contributed by atoms with E-state index in [0.717, 1.165) is 52.4 Å². The van der Waals surface area contributed by atoms with Gasteiger partial charge in [-0.3, -0.25) is 14.1 Å². The molecule has 2 aromatic heterocycles. The van der Waals surface area contributed by atoms with E-state index in [4.69, 9.17) is 19.2 Å². The predicted octanol–water partition coefficient (Wildman–Crippen LogP) is 2.66. The molecule has 0 amide bonds. The SMILES string of the molecule is COc1ccc2c(c1)nc(S(=O)Cc1ncc(C)c(OC)c1C)n2CN1CCOCC1. The number of morpholine rings is 1. The van der Waals surface area contributed by atoms with Crippen LogP contribution in [0.3, 0.4) is 0 Å². The maximum absolute atomic E-state index is 13.5. The summed E-state index contributed by atoms with van der Waals surface area (Å²) in [6, 6.07) is 5.76. The Kier molecular flexibility index (Phi) is 6.54. The Labute approximate surface area is 184 Å². The average Bonchev–Trinajstić information content (AvgIpc) is 3.14. The maximum atomic E-state index is 13.5. The van der Waals surface area contributed by atoms with E-state index in [9.17, 15) is 4.21 Å². The van der Waals surface area contributed by atoms with Crippen molar-refractivity contribution in [2.24, 2.45) is 0 Å². The molecule has 1 fully saturated rings. The van der Waals surface area contributed by atoms with Crippen molar-refractivity contribution in [3.05, 3.63) is 41.2 Å². The van der Waals surface area contributed by atoms with Gasteiger partial charge in [-0.05, 0) is 26.0 Å². The molecule has 31 heavy (non-hydrogen) atoms. The van der Waals surface area contributed by atoms with Crippen molar-refractivity contribution < 1.29 is 18.4 Å². The van der Waals surface area contributed by atoms with Gasteiger partial charge in [-0.15, -0.1) is 0 Å². The monoisotopic (exact) mass is 444 g/mol. The summed E-state index contributed by atoms with van der Waals surface area (Å²) < 4.78 is 31.9. The molecule has 3 aromatic rings. The molecule has 8 nitrogen and oxygen atoms in total. The molecule has 1 saturated heterocycles. The first-order valence-corrected chi connectivity index (χ1v) is 11.6. The second kappa shape index (κ2) is 9.33. The van der Waals surface area contributed by atoms with E-state index in [1.807, 2.05) is 36.6 Å². The number of aryl methyl sites for hydroxylation is 1. The lowest BCUT2D eigenvalue weighted by Gasteiger charge is -2.27. The highest BCUT2D eigenvalue weighted by atomic mass is 32.2. The Balaban J connectivity index is 1.71. The lowest BCUT2D eigenvalue weighted by Crippen LogP contribution is -2.37. The largest absolute Gasteiger partial charge is 0.497 e. The summed E-state index contributed by atoms with van der Waals surface area (Å²) in [7, 11) is 1.89. The van der Waals surface area contributed by atoms with Gasteiger partial charge in [-0.25, -0.2) is 4.98 Å². The molecule has 1 aliphatic rings. The number of aromatic nitrogens is 3. The number of hydrogen-bond acceptors (Lipinski definition) is 7. The van der Waals surface area contributed by atoms with Gasteiger partial charge in [0, 0.05) is 36.5 Å². The summed E-state index contributed by atoms with van der Waals surface area (Å²) in [5.74, 6) is 1.78. The molecule has 1 aliphatic heterocycles. The molecule has 1 unspecified atom stereocenters. The molecule has 0 radical (unpaired) electrons. The molecule has 1 atom stereocenters. The van der Waals surface area contributed by atoms with Crippen LogP contribution in [-0.2, 0) is 28.0 Å². The molecular weight excluding hydrogens is 416 g/mol. The third-order valence-electron chi connectivity index (χ3n) is 5.59. The highest BCUT2D eigenvalue weighted by Crippen LogP contribution is 2.28. The number of methoxy groups -OCH3 is 2. The quantitative estimate of drug-likeness (QED) is 0.554. The van der Waals surface area contributed by atoms with Gasteiger partial charge in [0.2, 0.25) is 5.16 Å². The Morgan fingerprint density at radius 2 is 1.94 bits per heavy atom. The number of hydrogen-bond donors (Lipinski definition) is 0.